The monoisotopic (exact) mass is 245 g/mol. The Morgan fingerprint density at radius 3 is 2.33 bits per heavy atom. The summed E-state index contributed by atoms with van der Waals surface area (Å²) in [7, 11) is 0. The zero-order valence-corrected chi connectivity index (χ0v) is 11.9. The molecule has 1 heterocycles. The topological polar surface area (TPSA) is 3.24 Å². The maximum Gasteiger partial charge on any atom is 0.0161 e. The van der Waals surface area contributed by atoms with E-state index in [1.165, 1.54) is 50.8 Å². The predicted molar refractivity (Wildman–Crippen MR) is 79.0 cm³/mol. The van der Waals surface area contributed by atoms with Crippen LogP contribution in [-0.2, 0) is 0 Å². The van der Waals surface area contributed by atoms with Crippen molar-refractivity contribution >= 4 is 0 Å². The second-order valence-electron chi connectivity index (χ2n) is 5.65. The third-order valence-electron chi connectivity index (χ3n) is 4.35. The van der Waals surface area contributed by atoms with Crippen LogP contribution in [0.25, 0.3) is 0 Å². The molecule has 1 heteroatoms. The molecule has 1 aromatic carbocycles. The van der Waals surface area contributed by atoms with Crippen LogP contribution in [-0.4, -0.2) is 24.0 Å². The Morgan fingerprint density at radius 1 is 1.06 bits per heavy atom. The number of hydrogen-bond acceptors (Lipinski definition) is 1. The van der Waals surface area contributed by atoms with Gasteiger partial charge in [-0.3, -0.25) is 4.90 Å². The summed E-state index contributed by atoms with van der Waals surface area (Å²) in [5.74, 6) is 0.657. The van der Waals surface area contributed by atoms with Gasteiger partial charge in [0.1, 0.15) is 0 Å². The third kappa shape index (κ3) is 3.35. The molecular weight excluding hydrogens is 218 g/mol. The van der Waals surface area contributed by atoms with E-state index in [0.29, 0.717) is 5.92 Å². The lowest BCUT2D eigenvalue weighted by molar-refractivity contribution is 0.136. The van der Waals surface area contributed by atoms with Crippen molar-refractivity contribution in [3.8, 4) is 0 Å². The van der Waals surface area contributed by atoms with Gasteiger partial charge in [0.2, 0.25) is 0 Å². The van der Waals surface area contributed by atoms with Crippen molar-refractivity contribution in [1.82, 2.24) is 4.90 Å². The molecule has 2 unspecified atom stereocenters. The Balaban J connectivity index is 2.08. The molecule has 0 amide bonds. The molecule has 1 aliphatic heterocycles. The molecule has 2 atom stereocenters. The molecule has 0 bridgehead atoms. The van der Waals surface area contributed by atoms with E-state index in [1.807, 2.05) is 0 Å². The van der Waals surface area contributed by atoms with Gasteiger partial charge in [-0.05, 0) is 43.8 Å². The van der Waals surface area contributed by atoms with Crippen LogP contribution in [0.2, 0.25) is 0 Å². The van der Waals surface area contributed by atoms with Crippen LogP contribution in [0, 0.1) is 0 Å². The van der Waals surface area contributed by atoms with Gasteiger partial charge in [0.15, 0.2) is 0 Å². The maximum atomic E-state index is 2.74. The van der Waals surface area contributed by atoms with Crippen molar-refractivity contribution in [2.45, 2.75) is 57.9 Å². The largest absolute Gasteiger partial charge is 0.300 e. The second-order valence-corrected chi connectivity index (χ2v) is 5.65. The lowest BCUT2D eigenvalue weighted by Gasteiger charge is -2.38. The van der Waals surface area contributed by atoms with Gasteiger partial charge in [0.05, 0.1) is 0 Å². The number of piperidine rings is 1. The van der Waals surface area contributed by atoms with Crippen LogP contribution < -0.4 is 0 Å². The molecule has 1 saturated heterocycles. The van der Waals surface area contributed by atoms with Crippen molar-refractivity contribution in [2.75, 3.05) is 13.1 Å². The zero-order chi connectivity index (χ0) is 12.8. The van der Waals surface area contributed by atoms with E-state index >= 15 is 0 Å². The van der Waals surface area contributed by atoms with E-state index in [0.717, 1.165) is 6.04 Å². The first kappa shape index (κ1) is 13.6. The molecule has 1 nitrogen and oxygen atoms in total. The van der Waals surface area contributed by atoms with Gasteiger partial charge < -0.3 is 0 Å². The highest BCUT2D eigenvalue weighted by atomic mass is 15.2. The van der Waals surface area contributed by atoms with E-state index in [9.17, 15) is 0 Å². The van der Waals surface area contributed by atoms with E-state index in [-0.39, 0.29) is 0 Å². The van der Waals surface area contributed by atoms with Gasteiger partial charge in [-0.15, -0.1) is 0 Å². The lowest BCUT2D eigenvalue weighted by Crippen LogP contribution is -2.42. The molecule has 0 aliphatic carbocycles. The molecule has 0 spiro atoms. The van der Waals surface area contributed by atoms with Gasteiger partial charge in [-0.2, -0.15) is 0 Å². The summed E-state index contributed by atoms with van der Waals surface area (Å²) >= 11 is 0. The summed E-state index contributed by atoms with van der Waals surface area (Å²) in [6, 6.07) is 11.8. The number of hydrogen-bond donors (Lipinski definition) is 0. The smallest absolute Gasteiger partial charge is 0.0161 e. The van der Waals surface area contributed by atoms with Crippen LogP contribution in [0.1, 0.15) is 57.4 Å². The van der Waals surface area contributed by atoms with Crippen LogP contribution in [0.4, 0.5) is 0 Å². The molecule has 0 saturated carbocycles. The molecule has 1 fully saturated rings. The Labute approximate surface area is 112 Å². The van der Waals surface area contributed by atoms with E-state index in [1.54, 1.807) is 0 Å². The lowest BCUT2D eigenvalue weighted by atomic mass is 9.88. The summed E-state index contributed by atoms with van der Waals surface area (Å²) in [5.41, 5.74) is 1.50. The van der Waals surface area contributed by atoms with Gasteiger partial charge in [-0.1, -0.05) is 57.0 Å². The highest BCUT2D eigenvalue weighted by molar-refractivity contribution is 5.20. The highest BCUT2D eigenvalue weighted by Gasteiger charge is 2.25. The summed E-state index contributed by atoms with van der Waals surface area (Å²) in [6.45, 7) is 7.34. The molecule has 0 N–H and O–H groups in total. The van der Waals surface area contributed by atoms with E-state index in [4.69, 9.17) is 0 Å². The molecule has 100 valence electrons. The average Bonchev–Trinajstić information content (AvgIpc) is 2.46. The summed E-state index contributed by atoms with van der Waals surface area (Å²) in [5, 5.41) is 0. The summed E-state index contributed by atoms with van der Waals surface area (Å²) < 4.78 is 0. The number of likely N-dealkylation sites (tertiary alicyclic amines) is 1. The van der Waals surface area contributed by atoms with Crippen LogP contribution in [0.15, 0.2) is 30.3 Å². The SMILES string of the molecule is CCCC(C(C)c1ccccc1)N1CCCCC1. The van der Waals surface area contributed by atoms with E-state index in [2.05, 4.69) is 49.1 Å². The molecule has 0 aromatic heterocycles. The number of rotatable bonds is 5. The first-order valence-corrected chi connectivity index (χ1v) is 7.62. The van der Waals surface area contributed by atoms with Crippen LogP contribution >= 0.6 is 0 Å². The predicted octanol–water partition coefficient (Wildman–Crippen LogP) is 4.44. The normalized spacial score (nSPS) is 20.6. The van der Waals surface area contributed by atoms with Crippen molar-refractivity contribution in [3.63, 3.8) is 0 Å². The Kier molecular flexibility index (Phi) is 5.25. The Hall–Kier alpha value is -0.820. The summed E-state index contributed by atoms with van der Waals surface area (Å²) in [6.07, 6.45) is 6.83. The highest BCUT2D eigenvalue weighted by Crippen LogP contribution is 2.28. The molecule has 18 heavy (non-hydrogen) atoms. The van der Waals surface area contributed by atoms with Crippen molar-refractivity contribution in [1.29, 1.82) is 0 Å². The third-order valence-corrected chi connectivity index (χ3v) is 4.35. The fraction of sp³-hybridized carbons (Fsp3) is 0.647. The van der Waals surface area contributed by atoms with Crippen molar-refractivity contribution < 1.29 is 0 Å². The van der Waals surface area contributed by atoms with Crippen molar-refractivity contribution in [2.24, 2.45) is 0 Å². The molecule has 2 rings (SSSR count). The minimum absolute atomic E-state index is 0.657. The fourth-order valence-corrected chi connectivity index (χ4v) is 3.27. The first-order chi connectivity index (χ1) is 8.83. The molecule has 1 aliphatic rings. The van der Waals surface area contributed by atoms with Gasteiger partial charge in [0, 0.05) is 6.04 Å². The van der Waals surface area contributed by atoms with E-state index < -0.39 is 0 Å². The Morgan fingerprint density at radius 2 is 1.72 bits per heavy atom. The first-order valence-electron chi connectivity index (χ1n) is 7.62. The quantitative estimate of drug-likeness (QED) is 0.741. The minimum Gasteiger partial charge on any atom is -0.300 e. The fourth-order valence-electron chi connectivity index (χ4n) is 3.27. The number of benzene rings is 1. The molecular formula is C17H27N. The van der Waals surface area contributed by atoms with Crippen molar-refractivity contribution in [3.05, 3.63) is 35.9 Å². The average molecular weight is 245 g/mol. The minimum atomic E-state index is 0.657. The molecule has 0 radical (unpaired) electrons. The standard InChI is InChI=1S/C17H27N/c1-3-10-17(18-13-8-5-9-14-18)15(2)16-11-6-4-7-12-16/h4,6-7,11-12,15,17H,3,5,8-10,13-14H2,1-2H3. The number of nitrogens with zero attached hydrogens (tertiary/aromatic N) is 1. The van der Waals surface area contributed by atoms with Gasteiger partial charge in [0.25, 0.3) is 0 Å². The zero-order valence-electron chi connectivity index (χ0n) is 11.9. The molecule has 1 aromatic rings. The van der Waals surface area contributed by atoms with Gasteiger partial charge in [-0.25, -0.2) is 0 Å². The maximum absolute atomic E-state index is 2.74. The van der Waals surface area contributed by atoms with Gasteiger partial charge >= 0.3 is 0 Å². The second kappa shape index (κ2) is 6.94. The summed E-state index contributed by atoms with van der Waals surface area (Å²) in [4.78, 5) is 2.74. The van der Waals surface area contributed by atoms with Crippen LogP contribution in [0.3, 0.4) is 0 Å². The Bertz CT molecular complexity index is 327. The van der Waals surface area contributed by atoms with Crippen LogP contribution in [0.5, 0.6) is 0 Å².